The molecule has 110 valence electrons. The van der Waals surface area contributed by atoms with Crippen LogP contribution in [0.5, 0.6) is 0 Å². The van der Waals surface area contributed by atoms with Gasteiger partial charge in [0.05, 0.1) is 11.9 Å². The molecule has 1 fully saturated rings. The Hall–Kier alpha value is -1.86. The summed E-state index contributed by atoms with van der Waals surface area (Å²) in [6, 6.07) is 2.07. The minimum Gasteiger partial charge on any atom is -0.361 e. The summed E-state index contributed by atoms with van der Waals surface area (Å²) >= 11 is 1.51. The number of fused-ring (bicyclic) bond motifs is 1. The maximum atomic E-state index is 12.4. The van der Waals surface area contributed by atoms with Gasteiger partial charge in [-0.1, -0.05) is 0 Å². The van der Waals surface area contributed by atoms with E-state index in [4.69, 9.17) is 0 Å². The zero-order valence-electron chi connectivity index (χ0n) is 11.7. The Morgan fingerprint density at radius 1 is 1.29 bits per heavy atom. The van der Waals surface area contributed by atoms with E-state index in [1.54, 1.807) is 0 Å². The largest absolute Gasteiger partial charge is 0.361 e. The first kappa shape index (κ1) is 12.8. The monoisotopic (exact) mass is 303 g/mol. The Morgan fingerprint density at radius 3 is 2.81 bits per heavy atom. The topological polar surface area (TPSA) is 81.8 Å². The van der Waals surface area contributed by atoms with Crippen molar-refractivity contribution in [3.05, 3.63) is 22.8 Å². The van der Waals surface area contributed by atoms with Crippen molar-refractivity contribution in [1.29, 1.82) is 0 Å². The van der Waals surface area contributed by atoms with Crippen molar-refractivity contribution in [2.75, 3.05) is 18.4 Å². The number of nitrogens with zero attached hydrogens (tertiary/aromatic N) is 1. The van der Waals surface area contributed by atoms with Crippen molar-refractivity contribution in [3.63, 3.8) is 0 Å². The number of nitrogens with one attached hydrogen (secondary N) is 4. The summed E-state index contributed by atoms with van der Waals surface area (Å²) in [6.45, 7) is 3.82. The van der Waals surface area contributed by atoms with Gasteiger partial charge in [-0.05, 0) is 26.1 Å². The number of carbonyl (C=O) groups excluding carboxylic acids is 1. The molecule has 1 spiro atoms. The van der Waals surface area contributed by atoms with E-state index < -0.39 is 0 Å². The fraction of sp³-hybridized carbons (Fsp3) is 0.429. The van der Waals surface area contributed by atoms with Crippen LogP contribution >= 0.6 is 11.3 Å². The number of aromatic nitrogens is 2. The second kappa shape index (κ2) is 4.57. The fourth-order valence-corrected chi connectivity index (χ4v) is 4.13. The molecule has 7 heteroatoms. The van der Waals surface area contributed by atoms with Crippen LogP contribution in [0.3, 0.4) is 0 Å². The predicted molar refractivity (Wildman–Crippen MR) is 82.6 cm³/mol. The van der Waals surface area contributed by atoms with E-state index in [0.717, 1.165) is 52.6 Å². The van der Waals surface area contributed by atoms with Crippen molar-refractivity contribution in [2.45, 2.75) is 25.4 Å². The molecule has 0 unspecified atom stereocenters. The van der Waals surface area contributed by atoms with E-state index in [0.29, 0.717) is 0 Å². The molecule has 0 radical (unpaired) electrons. The van der Waals surface area contributed by atoms with Gasteiger partial charge in [0.25, 0.3) is 5.91 Å². The zero-order valence-corrected chi connectivity index (χ0v) is 12.6. The molecule has 2 aromatic rings. The van der Waals surface area contributed by atoms with Crippen molar-refractivity contribution < 1.29 is 4.79 Å². The van der Waals surface area contributed by atoms with Crippen LogP contribution in [0, 0.1) is 6.92 Å². The third kappa shape index (κ3) is 2.04. The van der Waals surface area contributed by atoms with Crippen LogP contribution in [-0.4, -0.2) is 34.9 Å². The maximum absolute atomic E-state index is 12.4. The molecule has 0 saturated carbocycles. The average Bonchev–Trinajstić information content (AvgIpc) is 3.05. The minimum absolute atomic E-state index is 0.0306. The van der Waals surface area contributed by atoms with Crippen molar-refractivity contribution >= 4 is 22.9 Å². The lowest BCUT2D eigenvalue weighted by atomic mass is 9.95. The van der Waals surface area contributed by atoms with Gasteiger partial charge in [-0.2, -0.15) is 5.10 Å². The zero-order chi connectivity index (χ0) is 14.4. The number of anilines is 1. The molecule has 1 saturated heterocycles. The van der Waals surface area contributed by atoms with Gasteiger partial charge in [0, 0.05) is 29.0 Å². The van der Waals surface area contributed by atoms with Crippen LogP contribution < -0.4 is 16.0 Å². The van der Waals surface area contributed by atoms with E-state index >= 15 is 0 Å². The molecule has 4 N–H and O–H groups in total. The average molecular weight is 303 g/mol. The summed E-state index contributed by atoms with van der Waals surface area (Å²) in [4.78, 5) is 14.3. The molecule has 4 heterocycles. The Balaban J connectivity index is 1.72. The summed E-state index contributed by atoms with van der Waals surface area (Å²) < 4.78 is 0. The Labute approximate surface area is 126 Å². The van der Waals surface area contributed by atoms with Crippen LogP contribution in [0.1, 0.15) is 28.2 Å². The Bertz CT molecular complexity index is 698. The lowest BCUT2D eigenvalue weighted by Crippen LogP contribution is -2.61. The first-order valence-corrected chi connectivity index (χ1v) is 7.94. The van der Waals surface area contributed by atoms with Gasteiger partial charge in [-0.25, -0.2) is 0 Å². The molecule has 6 nitrogen and oxygen atoms in total. The fourth-order valence-electron chi connectivity index (χ4n) is 3.05. The molecule has 4 rings (SSSR count). The number of carbonyl (C=O) groups is 1. The number of hydrogen-bond donors (Lipinski definition) is 4. The molecule has 0 aliphatic carbocycles. The van der Waals surface area contributed by atoms with Gasteiger partial charge in [-0.15, -0.1) is 11.3 Å². The van der Waals surface area contributed by atoms with Crippen molar-refractivity contribution in [3.8, 4) is 10.4 Å². The van der Waals surface area contributed by atoms with Crippen LogP contribution in [0.4, 0.5) is 5.69 Å². The third-order valence-electron chi connectivity index (χ3n) is 4.22. The van der Waals surface area contributed by atoms with Gasteiger partial charge in [0.2, 0.25) is 0 Å². The van der Waals surface area contributed by atoms with Crippen LogP contribution in [0.2, 0.25) is 0 Å². The van der Waals surface area contributed by atoms with E-state index in [2.05, 4.69) is 32.2 Å². The number of aryl methyl sites for hydroxylation is 1. The van der Waals surface area contributed by atoms with E-state index in [-0.39, 0.29) is 11.6 Å². The highest BCUT2D eigenvalue weighted by atomic mass is 32.1. The normalized spacial score (nSPS) is 20.0. The Morgan fingerprint density at radius 2 is 2.10 bits per heavy atom. The summed E-state index contributed by atoms with van der Waals surface area (Å²) in [7, 11) is 0. The summed E-state index contributed by atoms with van der Waals surface area (Å²) in [6.07, 6.45) is 3.60. The quantitative estimate of drug-likeness (QED) is 0.646. The lowest BCUT2D eigenvalue weighted by molar-refractivity contribution is 0.0886. The second-order valence-corrected chi connectivity index (χ2v) is 6.73. The predicted octanol–water partition coefficient (Wildman–Crippen LogP) is 1.68. The standard InChI is InChI=1S/C14H17N5OS/c1-8-9(7-16-19-8)11-6-10-12(21-11)13(20)18-14(17-10)2-4-15-5-3-14/h6-7,15,17H,2-5H2,1H3,(H,16,19)(H,18,20). The highest BCUT2D eigenvalue weighted by Crippen LogP contribution is 2.40. The first-order chi connectivity index (χ1) is 10.2. The number of rotatable bonds is 1. The summed E-state index contributed by atoms with van der Waals surface area (Å²) in [5.74, 6) is 0.0306. The van der Waals surface area contributed by atoms with Crippen molar-refractivity contribution in [1.82, 2.24) is 20.8 Å². The number of amides is 1. The number of hydrogen-bond acceptors (Lipinski definition) is 5. The van der Waals surface area contributed by atoms with Gasteiger partial charge in [0.15, 0.2) is 0 Å². The molecule has 2 aliphatic heterocycles. The van der Waals surface area contributed by atoms with E-state index in [1.165, 1.54) is 11.3 Å². The van der Waals surface area contributed by atoms with Crippen LogP contribution in [0.15, 0.2) is 12.3 Å². The molecule has 2 aliphatic rings. The summed E-state index contributed by atoms with van der Waals surface area (Å²) in [5, 5.41) is 17.0. The van der Waals surface area contributed by atoms with Gasteiger partial charge < -0.3 is 16.0 Å². The Kier molecular flexibility index (Phi) is 2.80. The highest BCUT2D eigenvalue weighted by Gasteiger charge is 2.39. The molecule has 0 bridgehead atoms. The van der Waals surface area contributed by atoms with Crippen LogP contribution in [-0.2, 0) is 0 Å². The molecule has 21 heavy (non-hydrogen) atoms. The number of thiophene rings is 1. The molecule has 0 aromatic carbocycles. The molecular weight excluding hydrogens is 286 g/mol. The van der Waals surface area contributed by atoms with E-state index in [9.17, 15) is 4.79 Å². The van der Waals surface area contributed by atoms with Crippen LogP contribution in [0.25, 0.3) is 10.4 Å². The maximum Gasteiger partial charge on any atom is 0.265 e. The second-order valence-electron chi connectivity index (χ2n) is 5.67. The highest BCUT2D eigenvalue weighted by molar-refractivity contribution is 7.18. The molecule has 0 atom stereocenters. The number of aromatic amines is 1. The van der Waals surface area contributed by atoms with Gasteiger partial charge in [0.1, 0.15) is 10.5 Å². The third-order valence-corrected chi connectivity index (χ3v) is 5.38. The van der Waals surface area contributed by atoms with Crippen molar-refractivity contribution in [2.24, 2.45) is 0 Å². The minimum atomic E-state index is -0.293. The first-order valence-electron chi connectivity index (χ1n) is 7.12. The molecular formula is C14H17N5OS. The van der Waals surface area contributed by atoms with E-state index in [1.807, 2.05) is 13.1 Å². The number of piperidine rings is 1. The lowest BCUT2D eigenvalue weighted by Gasteiger charge is -2.42. The SMILES string of the molecule is Cc1[nH]ncc1-c1cc2c(s1)C(=O)NC1(CCNCC1)N2. The summed E-state index contributed by atoms with van der Waals surface area (Å²) in [5.41, 5.74) is 2.73. The molecule has 2 aromatic heterocycles. The number of H-pyrrole nitrogens is 1. The van der Waals surface area contributed by atoms with Gasteiger partial charge in [-0.3, -0.25) is 9.89 Å². The smallest absolute Gasteiger partial charge is 0.265 e. The molecule has 1 amide bonds. The van der Waals surface area contributed by atoms with Gasteiger partial charge >= 0.3 is 0 Å².